The number of carbonyl (C=O) groups excluding carboxylic acids is 1. The third-order valence-electron chi connectivity index (χ3n) is 5.47. The average Bonchev–Trinajstić information content (AvgIpc) is 3.34. The van der Waals surface area contributed by atoms with Crippen LogP contribution in [0.3, 0.4) is 0 Å². The van der Waals surface area contributed by atoms with Gasteiger partial charge in [-0.15, -0.1) is 0 Å². The molecule has 0 spiro atoms. The lowest BCUT2D eigenvalue weighted by Gasteiger charge is -2.25. The first-order valence-corrected chi connectivity index (χ1v) is 9.91. The molecule has 29 heavy (non-hydrogen) atoms. The molecule has 1 amide bonds. The molecule has 0 unspecified atom stereocenters. The van der Waals surface area contributed by atoms with E-state index in [9.17, 15) is 9.18 Å². The third-order valence-corrected chi connectivity index (χ3v) is 5.47. The second kappa shape index (κ2) is 7.40. The maximum absolute atomic E-state index is 13.9. The molecule has 3 aromatic rings. The highest BCUT2D eigenvalue weighted by Crippen LogP contribution is 2.24. The molecule has 150 valence electrons. The molecule has 2 fully saturated rings. The van der Waals surface area contributed by atoms with Crippen molar-refractivity contribution >= 4 is 23.2 Å². The zero-order chi connectivity index (χ0) is 19.8. The van der Waals surface area contributed by atoms with E-state index in [-0.39, 0.29) is 11.9 Å². The van der Waals surface area contributed by atoms with Gasteiger partial charge in [0.15, 0.2) is 11.5 Å². The normalized spacial score (nSPS) is 22.4. The number of piperidine rings is 1. The number of rotatable bonds is 4. The summed E-state index contributed by atoms with van der Waals surface area (Å²) in [5, 5.41) is 6.20. The maximum atomic E-state index is 13.9. The van der Waals surface area contributed by atoms with E-state index in [0.717, 1.165) is 18.5 Å². The van der Waals surface area contributed by atoms with E-state index in [0.29, 0.717) is 49.0 Å². The molecule has 9 heteroatoms. The van der Waals surface area contributed by atoms with Crippen molar-refractivity contribution in [2.45, 2.75) is 31.5 Å². The van der Waals surface area contributed by atoms with E-state index in [1.54, 1.807) is 17.3 Å². The number of hydrogen-bond acceptors (Lipinski definition) is 6. The molecule has 2 aliphatic heterocycles. The Kier molecular flexibility index (Phi) is 4.59. The van der Waals surface area contributed by atoms with Crippen LogP contribution in [-0.2, 0) is 4.79 Å². The molecule has 5 heterocycles. The maximum Gasteiger partial charge on any atom is 0.228 e. The first-order chi connectivity index (χ1) is 14.2. The summed E-state index contributed by atoms with van der Waals surface area (Å²) in [6, 6.07) is 5.31. The van der Waals surface area contributed by atoms with Crippen molar-refractivity contribution in [2.24, 2.45) is 0 Å². The summed E-state index contributed by atoms with van der Waals surface area (Å²) in [5.74, 6) is 1.34. The molecule has 0 radical (unpaired) electrons. The number of imidazole rings is 1. The van der Waals surface area contributed by atoms with Crippen molar-refractivity contribution < 1.29 is 9.18 Å². The third kappa shape index (κ3) is 3.42. The molecule has 2 saturated heterocycles. The van der Waals surface area contributed by atoms with Crippen LogP contribution in [0.4, 0.5) is 16.0 Å². The van der Waals surface area contributed by atoms with E-state index in [1.807, 2.05) is 28.8 Å². The fourth-order valence-electron chi connectivity index (χ4n) is 3.89. The number of nitrogens with zero attached hydrogens (tertiary/aromatic N) is 5. The molecule has 0 bridgehead atoms. The minimum absolute atomic E-state index is 0.0973. The Morgan fingerprint density at radius 3 is 2.93 bits per heavy atom. The highest BCUT2D eigenvalue weighted by Gasteiger charge is 2.27. The van der Waals surface area contributed by atoms with Crippen LogP contribution in [0.5, 0.6) is 0 Å². The molecule has 2 aliphatic rings. The summed E-state index contributed by atoms with van der Waals surface area (Å²) in [6.07, 6.45) is 6.75. The minimum Gasteiger partial charge on any atom is -0.363 e. The lowest BCUT2D eigenvalue weighted by Crippen LogP contribution is -2.35. The number of amides is 1. The van der Waals surface area contributed by atoms with Gasteiger partial charge in [0.05, 0.1) is 36.0 Å². The molecule has 5 rings (SSSR count). The van der Waals surface area contributed by atoms with Gasteiger partial charge in [0.2, 0.25) is 5.91 Å². The van der Waals surface area contributed by atoms with Crippen LogP contribution in [0.15, 0.2) is 36.8 Å². The van der Waals surface area contributed by atoms with E-state index in [4.69, 9.17) is 0 Å². The van der Waals surface area contributed by atoms with Crippen LogP contribution >= 0.6 is 0 Å². The van der Waals surface area contributed by atoms with Gasteiger partial charge in [-0.25, -0.2) is 19.3 Å². The number of halogens is 1. The van der Waals surface area contributed by atoms with Crippen molar-refractivity contribution in [1.29, 1.82) is 0 Å². The van der Waals surface area contributed by atoms with Crippen LogP contribution in [0, 0.1) is 0 Å². The molecule has 8 nitrogen and oxygen atoms in total. The molecule has 3 aromatic heterocycles. The molecular formula is C20H22FN7O. The number of anilines is 2. The Balaban J connectivity index is 1.47. The second-order valence-electron chi connectivity index (χ2n) is 7.45. The fourth-order valence-corrected chi connectivity index (χ4v) is 3.89. The highest BCUT2D eigenvalue weighted by atomic mass is 19.1. The number of nitrogens with one attached hydrogen (secondary N) is 2. The topological polar surface area (TPSA) is 87.5 Å². The number of hydrogen-bond donors (Lipinski definition) is 2. The van der Waals surface area contributed by atoms with Crippen molar-refractivity contribution in [1.82, 2.24) is 24.7 Å². The predicted molar refractivity (Wildman–Crippen MR) is 108 cm³/mol. The van der Waals surface area contributed by atoms with Crippen LogP contribution in [-0.4, -0.2) is 57.1 Å². The van der Waals surface area contributed by atoms with Crippen molar-refractivity contribution in [2.75, 3.05) is 29.9 Å². The minimum atomic E-state index is -0.938. The van der Waals surface area contributed by atoms with Gasteiger partial charge < -0.3 is 10.6 Å². The fraction of sp³-hybridized carbons (Fsp3) is 0.400. The van der Waals surface area contributed by atoms with Crippen molar-refractivity contribution in [3.8, 4) is 11.4 Å². The summed E-state index contributed by atoms with van der Waals surface area (Å²) in [6.45, 7) is 1.61. The lowest BCUT2D eigenvalue weighted by molar-refractivity contribution is -0.119. The predicted octanol–water partition coefficient (Wildman–Crippen LogP) is 2.03. The number of aromatic nitrogens is 4. The Labute approximate surface area is 167 Å². The number of carbonyl (C=O) groups is 1. The average molecular weight is 395 g/mol. The van der Waals surface area contributed by atoms with E-state index in [1.165, 1.54) is 0 Å². The van der Waals surface area contributed by atoms with E-state index in [2.05, 4.69) is 25.6 Å². The zero-order valence-corrected chi connectivity index (χ0v) is 15.9. The van der Waals surface area contributed by atoms with Gasteiger partial charge in [0.25, 0.3) is 0 Å². The lowest BCUT2D eigenvalue weighted by atomic mass is 10.1. The Hall–Kier alpha value is -3.07. The summed E-state index contributed by atoms with van der Waals surface area (Å²) in [5.41, 5.74) is 2.18. The van der Waals surface area contributed by atoms with Gasteiger partial charge in [-0.05, 0) is 25.0 Å². The van der Waals surface area contributed by atoms with Crippen molar-refractivity contribution in [3.05, 3.63) is 36.8 Å². The molecule has 2 atom stereocenters. The monoisotopic (exact) mass is 395 g/mol. The molecule has 0 saturated carbocycles. The van der Waals surface area contributed by atoms with Gasteiger partial charge in [-0.1, -0.05) is 6.07 Å². The number of alkyl halides is 1. The quantitative estimate of drug-likeness (QED) is 0.703. The van der Waals surface area contributed by atoms with Crippen LogP contribution < -0.4 is 15.5 Å². The standard InChI is InChI=1S/C20H22FN7O/c21-13-8-22-9-15(13)26-17-5-3-4-14(25-17)16-10-23-18-11-24-19(12-28(16)18)27-7-2-1-6-20(27)29/h3-5,10-13,15,22H,1-2,6-9H2,(H,25,26)/t13-,15-/m0/s1. The van der Waals surface area contributed by atoms with Gasteiger partial charge in [-0.3, -0.25) is 14.1 Å². The SMILES string of the molecule is O=C1CCCCN1c1cn2c(-c3cccc(N[C@H]4CNC[C@@H]4F)n3)cnc2cn1. The number of pyridine rings is 1. The van der Waals surface area contributed by atoms with E-state index < -0.39 is 6.17 Å². The smallest absolute Gasteiger partial charge is 0.228 e. The zero-order valence-electron chi connectivity index (χ0n) is 15.9. The van der Waals surface area contributed by atoms with Gasteiger partial charge in [0.1, 0.15) is 12.0 Å². The van der Waals surface area contributed by atoms with Gasteiger partial charge in [0, 0.05) is 26.1 Å². The first kappa shape index (κ1) is 18.0. The highest BCUT2D eigenvalue weighted by molar-refractivity contribution is 5.93. The molecule has 0 aromatic carbocycles. The van der Waals surface area contributed by atoms with Crippen LogP contribution in [0.25, 0.3) is 17.0 Å². The largest absolute Gasteiger partial charge is 0.363 e. The molecular weight excluding hydrogens is 373 g/mol. The van der Waals surface area contributed by atoms with Crippen molar-refractivity contribution in [3.63, 3.8) is 0 Å². The number of fused-ring (bicyclic) bond motifs is 1. The van der Waals surface area contributed by atoms with Crippen LogP contribution in [0.2, 0.25) is 0 Å². The molecule has 2 N–H and O–H groups in total. The van der Waals surface area contributed by atoms with Gasteiger partial charge >= 0.3 is 0 Å². The second-order valence-corrected chi connectivity index (χ2v) is 7.45. The first-order valence-electron chi connectivity index (χ1n) is 9.91. The van der Waals surface area contributed by atoms with Gasteiger partial charge in [-0.2, -0.15) is 0 Å². The summed E-state index contributed by atoms with van der Waals surface area (Å²) < 4.78 is 15.8. The van der Waals surface area contributed by atoms with Crippen LogP contribution in [0.1, 0.15) is 19.3 Å². The Bertz CT molecular complexity index is 1050. The summed E-state index contributed by atoms with van der Waals surface area (Å²) >= 11 is 0. The molecule has 0 aliphatic carbocycles. The summed E-state index contributed by atoms with van der Waals surface area (Å²) in [7, 11) is 0. The summed E-state index contributed by atoms with van der Waals surface area (Å²) in [4.78, 5) is 27.5. The van der Waals surface area contributed by atoms with E-state index >= 15 is 0 Å². The Morgan fingerprint density at radius 1 is 1.17 bits per heavy atom. The Morgan fingerprint density at radius 2 is 2.10 bits per heavy atom.